The van der Waals surface area contributed by atoms with Gasteiger partial charge in [-0.15, -0.1) is 0 Å². The predicted molar refractivity (Wildman–Crippen MR) is 126 cm³/mol. The summed E-state index contributed by atoms with van der Waals surface area (Å²) in [7, 11) is -1.76. The third-order valence-corrected chi connectivity index (χ3v) is 9.49. The monoisotopic (exact) mass is 456 g/mol. The van der Waals surface area contributed by atoms with Crippen LogP contribution in [0.2, 0.25) is 5.02 Å². The van der Waals surface area contributed by atoms with Gasteiger partial charge in [0.05, 0.1) is 10.9 Å². The first-order valence-corrected chi connectivity index (χ1v) is 13.1. The van der Waals surface area contributed by atoms with Crippen LogP contribution in [0.5, 0.6) is 0 Å². The van der Waals surface area contributed by atoms with Crippen molar-refractivity contribution in [3.8, 4) is 0 Å². The molecule has 1 aliphatic heterocycles. The summed E-state index contributed by atoms with van der Waals surface area (Å²) in [6.07, 6.45) is 10.8. The lowest BCUT2D eigenvalue weighted by Gasteiger charge is -2.38. The Morgan fingerprint density at radius 2 is 1.77 bits per heavy atom. The van der Waals surface area contributed by atoms with Crippen LogP contribution in [0.25, 0.3) is 0 Å². The molecule has 4 nitrogen and oxygen atoms in total. The van der Waals surface area contributed by atoms with Crippen LogP contribution in [0.3, 0.4) is 0 Å². The molecule has 0 spiro atoms. The van der Waals surface area contributed by atoms with Crippen molar-refractivity contribution in [1.29, 1.82) is 0 Å². The van der Waals surface area contributed by atoms with Crippen LogP contribution in [-0.2, 0) is 10.0 Å². The van der Waals surface area contributed by atoms with Gasteiger partial charge in [-0.3, -0.25) is 0 Å². The molecule has 6 heteroatoms. The average molecular weight is 457 g/mol. The molecule has 0 amide bonds. The highest BCUT2D eigenvalue weighted by Crippen LogP contribution is 2.50. The second kappa shape index (κ2) is 8.27. The minimum Gasteiger partial charge on any atom is -0.378 e. The molecule has 2 aromatic carbocycles. The molecular weight excluding hydrogens is 428 g/mol. The van der Waals surface area contributed by atoms with E-state index < -0.39 is 10.0 Å². The van der Waals surface area contributed by atoms with Crippen LogP contribution in [0.1, 0.15) is 61.6 Å². The molecule has 2 aliphatic carbocycles. The minimum atomic E-state index is -3.50. The van der Waals surface area contributed by atoms with Crippen LogP contribution < -0.4 is 5.32 Å². The maximum Gasteiger partial charge on any atom is 0.243 e. The summed E-state index contributed by atoms with van der Waals surface area (Å²) in [5.41, 5.74) is 3.32. The van der Waals surface area contributed by atoms with Crippen LogP contribution in [0.15, 0.2) is 59.5 Å². The highest BCUT2D eigenvalue weighted by atomic mass is 35.5. The maximum atomic E-state index is 13.4. The molecule has 164 valence electrons. The second-order valence-electron chi connectivity index (χ2n) is 9.09. The largest absolute Gasteiger partial charge is 0.378 e. The molecule has 3 aliphatic rings. The quantitative estimate of drug-likeness (QED) is 0.564. The molecule has 3 atom stereocenters. The first kappa shape index (κ1) is 21.0. The number of nitrogens with zero attached hydrogens (tertiary/aromatic N) is 1. The van der Waals surface area contributed by atoms with Crippen molar-refractivity contribution in [1.82, 2.24) is 4.31 Å². The van der Waals surface area contributed by atoms with Gasteiger partial charge >= 0.3 is 0 Å². The van der Waals surface area contributed by atoms with Gasteiger partial charge in [-0.05, 0) is 66.6 Å². The van der Waals surface area contributed by atoms with Crippen LogP contribution in [0.4, 0.5) is 5.69 Å². The van der Waals surface area contributed by atoms with Gasteiger partial charge in [0.1, 0.15) is 0 Å². The molecule has 1 fully saturated rings. The van der Waals surface area contributed by atoms with Crippen molar-refractivity contribution in [2.24, 2.45) is 5.92 Å². The van der Waals surface area contributed by atoms with E-state index in [0.29, 0.717) is 10.8 Å². The van der Waals surface area contributed by atoms with Crippen LogP contribution in [-0.4, -0.2) is 25.8 Å². The van der Waals surface area contributed by atoms with Crippen molar-refractivity contribution in [3.05, 3.63) is 70.8 Å². The molecule has 0 saturated heterocycles. The van der Waals surface area contributed by atoms with Gasteiger partial charge in [-0.2, -0.15) is 4.31 Å². The molecule has 0 radical (unpaired) electrons. The molecule has 2 aromatic rings. The van der Waals surface area contributed by atoms with E-state index in [4.69, 9.17) is 11.6 Å². The summed E-state index contributed by atoms with van der Waals surface area (Å²) in [6, 6.07) is 13.9. The minimum absolute atomic E-state index is 0.112. The van der Waals surface area contributed by atoms with Gasteiger partial charge in [-0.1, -0.05) is 55.1 Å². The van der Waals surface area contributed by atoms with Gasteiger partial charge < -0.3 is 5.32 Å². The van der Waals surface area contributed by atoms with Gasteiger partial charge in [-0.25, -0.2) is 8.42 Å². The second-order valence-corrected chi connectivity index (χ2v) is 11.5. The fourth-order valence-corrected chi connectivity index (χ4v) is 7.12. The third kappa shape index (κ3) is 3.81. The number of sulfonamides is 1. The number of nitrogens with one attached hydrogen (secondary N) is 1. The van der Waals surface area contributed by atoms with Crippen molar-refractivity contribution in [3.63, 3.8) is 0 Å². The van der Waals surface area contributed by atoms with Gasteiger partial charge in [0.15, 0.2) is 0 Å². The molecule has 1 saturated carbocycles. The summed E-state index contributed by atoms with van der Waals surface area (Å²) in [4.78, 5) is 0.408. The number of anilines is 1. The van der Waals surface area contributed by atoms with E-state index in [0.717, 1.165) is 48.4 Å². The number of hydrogen-bond donors (Lipinski definition) is 1. The molecule has 1 N–H and O–H groups in total. The van der Waals surface area contributed by atoms with Crippen molar-refractivity contribution >= 4 is 27.3 Å². The van der Waals surface area contributed by atoms with E-state index in [2.05, 4.69) is 29.6 Å². The van der Waals surface area contributed by atoms with E-state index in [1.807, 2.05) is 24.3 Å². The first-order valence-electron chi connectivity index (χ1n) is 11.3. The SMILES string of the molecule is CN(C1CCCCC1)S(=O)(=O)c1ccc2c(c1)C1C=CCC1C(c1ccc(Cl)cc1)N2. The number of fused-ring (bicyclic) bond motifs is 3. The van der Waals surface area contributed by atoms with Crippen molar-refractivity contribution < 1.29 is 8.42 Å². The Bertz CT molecular complexity index is 1090. The Labute approximate surface area is 190 Å². The number of rotatable bonds is 4. The number of benzene rings is 2. The Balaban J connectivity index is 1.47. The van der Waals surface area contributed by atoms with Gasteiger partial charge in [0.2, 0.25) is 10.0 Å². The predicted octanol–water partition coefficient (Wildman–Crippen LogP) is 6.12. The molecule has 5 rings (SSSR count). The number of allylic oxidation sites excluding steroid dienone is 2. The Morgan fingerprint density at radius 3 is 2.52 bits per heavy atom. The Kier molecular flexibility index (Phi) is 5.61. The molecule has 31 heavy (non-hydrogen) atoms. The van der Waals surface area contributed by atoms with Crippen LogP contribution in [0, 0.1) is 5.92 Å². The summed E-state index contributed by atoms with van der Waals surface area (Å²) in [5.74, 6) is 0.578. The van der Waals surface area contributed by atoms with E-state index in [1.54, 1.807) is 17.4 Å². The van der Waals surface area contributed by atoms with E-state index in [-0.39, 0.29) is 18.0 Å². The standard InChI is InChI=1S/C25H29ClN2O2S/c1-28(19-6-3-2-4-7-19)31(29,30)20-14-15-24-23(16-20)21-8-5-9-22(21)25(27-24)17-10-12-18(26)13-11-17/h5,8,10-16,19,21-22,25,27H,2-4,6-7,9H2,1H3. The maximum absolute atomic E-state index is 13.4. The smallest absolute Gasteiger partial charge is 0.243 e. The van der Waals surface area contributed by atoms with Crippen molar-refractivity contribution in [2.45, 2.75) is 61.4 Å². The highest BCUT2D eigenvalue weighted by molar-refractivity contribution is 7.89. The van der Waals surface area contributed by atoms with Gasteiger partial charge in [0, 0.05) is 29.7 Å². The number of halogens is 1. The molecule has 0 aromatic heterocycles. The zero-order chi connectivity index (χ0) is 21.6. The normalized spacial score (nSPS) is 25.8. The zero-order valence-corrected chi connectivity index (χ0v) is 19.4. The Hall–Kier alpha value is -1.82. The fourth-order valence-electron chi connectivity index (χ4n) is 5.54. The molecule has 0 bridgehead atoms. The zero-order valence-electron chi connectivity index (χ0n) is 17.8. The number of hydrogen-bond acceptors (Lipinski definition) is 3. The fraction of sp³-hybridized carbons (Fsp3) is 0.440. The van der Waals surface area contributed by atoms with Gasteiger partial charge in [0.25, 0.3) is 0 Å². The first-order chi connectivity index (χ1) is 14.9. The molecule has 1 heterocycles. The molecule has 3 unspecified atom stereocenters. The summed E-state index contributed by atoms with van der Waals surface area (Å²) < 4.78 is 28.4. The lowest BCUT2D eigenvalue weighted by atomic mass is 9.77. The summed E-state index contributed by atoms with van der Waals surface area (Å²) >= 11 is 6.09. The average Bonchev–Trinajstić information content (AvgIpc) is 3.29. The Morgan fingerprint density at radius 1 is 1.03 bits per heavy atom. The lowest BCUT2D eigenvalue weighted by molar-refractivity contribution is 0.286. The van der Waals surface area contributed by atoms with E-state index >= 15 is 0 Å². The van der Waals surface area contributed by atoms with Crippen LogP contribution >= 0.6 is 11.6 Å². The summed E-state index contributed by atoms with van der Waals surface area (Å²) in [6.45, 7) is 0. The third-order valence-electron chi connectivity index (χ3n) is 7.33. The van der Waals surface area contributed by atoms with E-state index in [1.165, 1.54) is 12.0 Å². The van der Waals surface area contributed by atoms with Crippen molar-refractivity contribution in [2.75, 3.05) is 12.4 Å². The van der Waals surface area contributed by atoms with E-state index in [9.17, 15) is 8.42 Å². The summed E-state index contributed by atoms with van der Waals surface area (Å²) in [5, 5.41) is 4.42. The highest BCUT2D eigenvalue weighted by Gasteiger charge is 2.39. The topological polar surface area (TPSA) is 49.4 Å². The lowest BCUT2D eigenvalue weighted by Crippen LogP contribution is -2.38. The molecular formula is C25H29ClN2O2S.